The fourth-order valence-corrected chi connectivity index (χ4v) is 6.42. The number of nitrogens with zero attached hydrogens (tertiary/aromatic N) is 2. The van der Waals surface area contributed by atoms with Crippen LogP contribution < -0.4 is 0 Å². The maximum atomic E-state index is 13.4. The SMILES string of the molecule is C=CCOC(=O)C1=C([C@H]2CCN(C(=O)OCC=C)C2)C[C@@H]2[C@@H]([C@@H](C)O[Si](C)(C)C(C)(C)C)C(=O)N12. The normalized spacial score (nSPS) is 25.2. The molecule has 3 aliphatic heterocycles. The molecule has 194 valence electrons. The van der Waals surface area contributed by atoms with E-state index in [1.165, 1.54) is 12.2 Å². The minimum absolute atomic E-state index is 0.0278. The number of carbonyl (C=O) groups excluding carboxylic acids is 3. The number of amides is 2. The lowest BCUT2D eigenvalue weighted by Crippen LogP contribution is -2.63. The Morgan fingerprint density at radius 1 is 1.17 bits per heavy atom. The van der Waals surface area contributed by atoms with Gasteiger partial charge in [-0.05, 0) is 43.5 Å². The van der Waals surface area contributed by atoms with Crippen LogP contribution >= 0.6 is 0 Å². The lowest BCUT2D eigenvalue weighted by Gasteiger charge is -2.49. The summed E-state index contributed by atoms with van der Waals surface area (Å²) in [6.45, 7) is 21.2. The first-order valence-electron chi connectivity index (χ1n) is 12.4. The Labute approximate surface area is 210 Å². The molecule has 0 aromatic carbocycles. The van der Waals surface area contributed by atoms with Gasteiger partial charge in [-0.15, -0.1) is 0 Å². The first-order chi connectivity index (χ1) is 16.3. The molecule has 3 heterocycles. The van der Waals surface area contributed by atoms with Gasteiger partial charge in [0, 0.05) is 19.0 Å². The third-order valence-electron chi connectivity index (χ3n) is 7.82. The Balaban J connectivity index is 1.80. The van der Waals surface area contributed by atoms with Crippen LogP contribution in [0.15, 0.2) is 36.6 Å². The zero-order valence-corrected chi connectivity index (χ0v) is 23.0. The van der Waals surface area contributed by atoms with Gasteiger partial charge in [0.15, 0.2) is 8.32 Å². The predicted molar refractivity (Wildman–Crippen MR) is 136 cm³/mol. The van der Waals surface area contributed by atoms with E-state index in [4.69, 9.17) is 13.9 Å². The van der Waals surface area contributed by atoms with Crippen LogP contribution in [0.4, 0.5) is 4.79 Å². The van der Waals surface area contributed by atoms with E-state index in [1.54, 1.807) is 9.80 Å². The first kappa shape index (κ1) is 27.2. The fraction of sp³-hybridized carbons (Fsp3) is 0.654. The molecule has 2 fully saturated rings. The second-order valence-corrected chi connectivity index (χ2v) is 15.9. The summed E-state index contributed by atoms with van der Waals surface area (Å²) < 4.78 is 17.1. The molecule has 4 atom stereocenters. The number of hydrogen-bond donors (Lipinski definition) is 0. The molecular formula is C26H40N2O6Si. The third kappa shape index (κ3) is 5.26. The number of carbonyl (C=O) groups is 3. The lowest BCUT2D eigenvalue weighted by atomic mass is 9.82. The topological polar surface area (TPSA) is 85.4 Å². The molecule has 3 rings (SSSR count). The molecule has 0 aromatic rings. The highest BCUT2D eigenvalue weighted by Gasteiger charge is 2.59. The Morgan fingerprint density at radius 2 is 1.80 bits per heavy atom. The zero-order chi connectivity index (χ0) is 26.1. The molecule has 2 saturated heterocycles. The second kappa shape index (κ2) is 10.3. The van der Waals surface area contributed by atoms with Crippen LogP contribution in [0.25, 0.3) is 0 Å². The molecule has 0 aromatic heterocycles. The number of esters is 1. The van der Waals surface area contributed by atoms with Crippen LogP contribution in [0.2, 0.25) is 18.1 Å². The third-order valence-corrected chi connectivity index (χ3v) is 12.4. The molecule has 0 aliphatic carbocycles. The molecule has 0 N–H and O–H groups in total. The Bertz CT molecular complexity index is 921. The summed E-state index contributed by atoms with van der Waals surface area (Å²) in [6.07, 6.45) is 3.68. The maximum Gasteiger partial charge on any atom is 0.410 e. The van der Waals surface area contributed by atoms with Crippen molar-refractivity contribution in [2.75, 3.05) is 26.3 Å². The van der Waals surface area contributed by atoms with Gasteiger partial charge in [0.25, 0.3) is 0 Å². The number of likely N-dealkylation sites (tertiary alicyclic amines) is 1. The van der Waals surface area contributed by atoms with Crippen LogP contribution in [-0.4, -0.2) is 74.5 Å². The predicted octanol–water partition coefficient (Wildman–Crippen LogP) is 4.26. The van der Waals surface area contributed by atoms with Gasteiger partial charge >= 0.3 is 12.1 Å². The van der Waals surface area contributed by atoms with Gasteiger partial charge in [-0.3, -0.25) is 4.79 Å². The van der Waals surface area contributed by atoms with Crippen LogP contribution in [0.5, 0.6) is 0 Å². The molecule has 0 unspecified atom stereocenters. The van der Waals surface area contributed by atoms with Crippen LogP contribution in [0.1, 0.15) is 40.5 Å². The molecule has 35 heavy (non-hydrogen) atoms. The summed E-state index contributed by atoms with van der Waals surface area (Å²) in [5, 5.41) is 0.0278. The molecule has 2 amide bonds. The average Bonchev–Trinajstić information content (AvgIpc) is 3.37. The highest BCUT2D eigenvalue weighted by atomic mass is 28.4. The van der Waals surface area contributed by atoms with Crippen molar-refractivity contribution in [2.45, 2.75) is 70.8 Å². The van der Waals surface area contributed by atoms with Crippen molar-refractivity contribution in [1.82, 2.24) is 9.80 Å². The number of rotatable bonds is 9. The van der Waals surface area contributed by atoms with Gasteiger partial charge in [0.1, 0.15) is 18.9 Å². The van der Waals surface area contributed by atoms with E-state index in [9.17, 15) is 14.4 Å². The first-order valence-corrected chi connectivity index (χ1v) is 15.3. The van der Waals surface area contributed by atoms with E-state index < -0.39 is 20.4 Å². The number of fused-ring (bicyclic) bond motifs is 1. The molecule has 0 saturated carbocycles. The summed E-state index contributed by atoms with van der Waals surface area (Å²) in [5.74, 6) is -0.950. The van der Waals surface area contributed by atoms with Gasteiger partial charge < -0.3 is 23.7 Å². The second-order valence-electron chi connectivity index (χ2n) is 11.1. The van der Waals surface area contributed by atoms with Crippen LogP contribution in [0, 0.1) is 11.8 Å². The minimum atomic E-state index is -2.07. The smallest absolute Gasteiger partial charge is 0.410 e. The molecule has 0 radical (unpaired) electrons. The lowest BCUT2D eigenvalue weighted by molar-refractivity contribution is -0.161. The summed E-state index contributed by atoms with van der Waals surface area (Å²) in [4.78, 5) is 42.0. The molecule has 9 heteroatoms. The quantitative estimate of drug-likeness (QED) is 0.202. The van der Waals surface area contributed by atoms with Crippen molar-refractivity contribution in [2.24, 2.45) is 11.8 Å². The molecule has 3 aliphatic rings. The van der Waals surface area contributed by atoms with Gasteiger partial charge in [-0.2, -0.15) is 0 Å². The summed E-state index contributed by atoms with van der Waals surface area (Å²) in [7, 11) is -2.07. The minimum Gasteiger partial charge on any atom is -0.457 e. The average molecular weight is 505 g/mol. The summed E-state index contributed by atoms with van der Waals surface area (Å²) >= 11 is 0. The van der Waals surface area contributed by atoms with Gasteiger partial charge in [0.05, 0.1) is 18.1 Å². The maximum absolute atomic E-state index is 13.4. The summed E-state index contributed by atoms with van der Waals surface area (Å²) in [6, 6.07) is -0.134. The van der Waals surface area contributed by atoms with Gasteiger partial charge in [0.2, 0.25) is 5.91 Å². The largest absolute Gasteiger partial charge is 0.457 e. The standard InChI is InChI=1S/C26H40N2O6Si/c1-9-13-32-24(30)22-19(18-11-12-27(16-18)25(31)33-14-10-2)15-20-21(23(29)28(20)22)17(3)34-35(7,8)26(4,5)6/h9-10,17-18,20-21H,1-2,11-16H2,3-8H3/t17-,18+,20-,21-/m1/s1. The van der Waals surface area contributed by atoms with E-state index in [1.807, 2.05) is 6.92 Å². The van der Waals surface area contributed by atoms with Crippen molar-refractivity contribution in [3.63, 3.8) is 0 Å². The van der Waals surface area contributed by atoms with Crippen LogP contribution in [0.3, 0.4) is 0 Å². The van der Waals surface area contributed by atoms with Crippen molar-refractivity contribution in [3.8, 4) is 0 Å². The Hall–Kier alpha value is -2.39. The Morgan fingerprint density at radius 3 is 2.40 bits per heavy atom. The fourth-order valence-electron chi connectivity index (χ4n) is 4.99. The highest BCUT2D eigenvalue weighted by Crippen LogP contribution is 2.49. The monoisotopic (exact) mass is 504 g/mol. The Kier molecular flexibility index (Phi) is 8.01. The van der Waals surface area contributed by atoms with E-state index >= 15 is 0 Å². The number of β-lactam (4-membered cyclic amide) rings is 1. The van der Waals surface area contributed by atoms with E-state index in [-0.39, 0.29) is 48.1 Å². The van der Waals surface area contributed by atoms with E-state index in [0.717, 1.165) is 5.57 Å². The van der Waals surface area contributed by atoms with Gasteiger partial charge in [-0.25, -0.2) is 9.59 Å². The van der Waals surface area contributed by atoms with Gasteiger partial charge in [-0.1, -0.05) is 46.1 Å². The highest BCUT2D eigenvalue weighted by molar-refractivity contribution is 6.74. The zero-order valence-electron chi connectivity index (χ0n) is 22.0. The van der Waals surface area contributed by atoms with E-state index in [2.05, 4.69) is 47.0 Å². The molecule has 0 spiro atoms. The number of ether oxygens (including phenoxy) is 2. The van der Waals surface area contributed by atoms with Crippen molar-refractivity contribution >= 4 is 26.3 Å². The molecule has 8 nitrogen and oxygen atoms in total. The van der Waals surface area contributed by atoms with Crippen molar-refractivity contribution < 1.29 is 28.3 Å². The molecule has 0 bridgehead atoms. The van der Waals surface area contributed by atoms with Crippen molar-refractivity contribution in [3.05, 3.63) is 36.6 Å². The van der Waals surface area contributed by atoms with Crippen LogP contribution in [-0.2, 0) is 23.5 Å². The van der Waals surface area contributed by atoms with E-state index in [0.29, 0.717) is 31.6 Å². The molecular weight excluding hydrogens is 464 g/mol. The number of hydrogen-bond acceptors (Lipinski definition) is 6. The van der Waals surface area contributed by atoms with Crippen molar-refractivity contribution in [1.29, 1.82) is 0 Å². The summed E-state index contributed by atoms with van der Waals surface area (Å²) in [5.41, 5.74) is 1.22.